The van der Waals surface area contributed by atoms with Crippen molar-refractivity contribution >= 4 is 76.1 Å². The van der Waals surface area contributed by atoms with Gasteiger partial charge >= 0.3 is 0 Å². The first kappa shape index (κ1) is 32.6. The molecule has 1 aliphatic rings. The molecule has 0 fully saturated rings. The molecule has 0 spiro atoms. The lowest BCUT2D eigenvalue weighted by Gasteiger charge is -2.22. The van der Waals surface area contributed by atoms with Gasteiger partial charge in [0, 0.05) is 44.7 Å². The van der Waals surface area contributed by atoms with Crippen molar-refractivity contribution in [3.8, 4) is 33.6 Å². The van der Waals surface area contributed by atoms with Gasteiger partial charge in [0.1, 0.15) is 0 Å². The Morgan fingerprint density at radius 3 is 1.61 bits per heavy atom. The number of aromatic nitrogens is 3. The summed E-state index contributed by atoms with van der Waals surface area (Å²) in [4.78, 5) is 4.91. The first-order valence-corrected chi connectivity index (χ1v) is 20.5. The number of pyridine rings is 1. The Balaban J connectivity index is 1.09. The first-order valence-electron chi connectivity index (χ1n) is 20.5. The zero-order chi connectivity index (χ0) is 39.0. The quantitative estimate of drug-likeness (QED) is 0.165. The topological polar surface area (TPSA) is 22.8 Å². The number of fused-ring (bicyclic) bond motifs is 16. The molecule has 0 bridgehead atoms. The zero-order valence-corrected chi connectivity index (χ0v) is 32.7. The van der Waals surface area contributed by atoms with Crippen molar-refractivity contribution in [1.29, 1.82) is 0 Å². The lowest BCUT2D eigenvalue weighted by Crippen LogP contribution is -2.15. The van der Waals surface area contributed by atoms with Crippen LogP contribution in [0.2, 0.25) is 0 Å². The van der Waals surface area contributed by atoms with Gasteiger partial charge in [0.25, 0.3) is 0 Å². The average Bonchev–Trinajstić information content (AvgIpc) is 3.88. The Labute approximate surface area is 341 Å². The molecule has 0 unspecified atom stereocenters. The molecule has 276 valence electrons. The van der Waals surface area contributed by atoms with E-state index in [0.717, 1.165) is 27.6 Å². The molecule has 12 aromatic rings. The van der Waals surface area contributed by atoms with Crippen LogP contribution in [0.3, 0.4) is 0 Å². The second-order valence-corrected chi connectivity index (χ2v) is 16.7. The van der Waals surface area contributed by atoms with Gasteiger partial charge in [0.05, 0.1) is 27.6 Å². The van der Waals surface area contributed by atoms with Gasteiger partial charge in [0.15, 0.2) is 0 Å². The maximum atomic E-state index is 4.91. The third-order valence-corrected chi connectivity index (χ3v) is 13.3. The molecular formula is C56H37N3. The van der Waals surface area contributed by atoms with Crippen LogP contribution in [-0.2, 0) is 5.41 Å². The predicted octanol–water partition coefficient (Wildman–Crippen LogP) is 14.7. The van der Waals surface area contributed by atoms with Gasteiger partial charge in [-0.25, -0.2) is 0 Å². The second-order valence-electron chi connectivity index (χ2n) is 16.7. The highest BCUT2D eigenvalue weighted by Crippen LogP contribution is 2.55. The average molecular weight is 752 g/mol. The smallest absolute Gasteiger partial charge is 0.0963 e. The fraction of sp³-hybridized carbons (Fsp3) is 0.0536. The molecule has 0 radical (unpaired) electrons. The van der Waals surface area contributed by atoms with Crippen molar-refractivity contribution in [2.45, 2.75) is 19.3 Å². The number of benzene rings is 9. The monoisotopic (exact) mass is 751 g/mol. The van der Waals surface area contributed by atoms with E-state index in [1.165, 1.54) is 93.2 Å². The molecule has 0 amide bonds. The van der Waals surface area contributed by atoms with Gasteiger partial charge in [-0.15, -0.1) is 0 Å². The maximum Gasteiger partial charge on any atom is 0.0963 e. The molecule has 0 saturated carbocycles. The molecule has 3 aromatic heterocycles. The first-order chi connectivity index (χ1) is 29.0. The highest BCUT2D eigenvalue weighted by molar-refractivity contribution is 6.27. The molecule has 0 N–H and O–H groups in total. The molecule has 0 aliphatic heterocycles. The summed E-state index contributed by atoms with van der Waals surface area (Å²) in [6.07, 6.45) is 1.90. The Hall–Kier alpha value is -7.49. The van der Waals surface area contributed by atoms with Gasteiger partial charge < -0.3 is 9.13 Å². The van der Waals surface area contributed by atoms with E-state index in [2.05, 4.69) is 199 Å². The van der Waals surface area contributed by atoms with E-state index in [1.807, 2.05) is 12.3 Å². The molecule has 0 atom stereocenters. The van der Waals surface area contributed by atoms with E-state index in [4.69, 9.17) is 4.98 Å². The highest BCUT2D eigenvalue weighted by Gasteiger charge is 2.38. The third-order valence-electron chi connectivity index (χ3n) is 13.3. The van der Waals surface area contributed by atoms with E-state index in [0.29, 0.717) is 0 Å². The molecule has 13 rings (SSSR count). The minimum atomic E-state index is -0.189. The summed E-state index contributed by atoms with van der Waals surface area (Å²) in [5.41, 5.74) is 15.6. The van der Waals surface area contributed by atoms with E-state index in [-0.39, 0.29) is 5.41 Å². The molecular weight excluding hydrogens is 715 g/mol. The summed E-state index contributed by atoms with van der Waals surface area (Å²) in [5.74, 6) is 0. The van der Waals surface area contributed by atoms with Crippen LogP contribution in [0.4, 0.5) is 0 Å². The zero-order valence-electron chi connectivity index (χ0n) is 32.7. The fourth-order valence-corrected chi connectivity index (χ4v) is 10.6. The Morgan fingerprint density at radius 1 is 0.390 bits per heavy atom. The lowest BCUT2D eigenvalue weighted by molar-refractivity contribution is 0.661. The lowest BCUT2D eigenvalue weighted by atomic mass is 9.81. The molecule has 9 aromatic carbocycles. The third kappa shape index (κ3) is 4.39. The van der Waals surface area contributed by atoms with Gasteiger partial charge in [-0.1, -0.05) is 123 Å². The summed E-state index contributed by atoms with van der Waals surface area (Å²) < 4.78 is 4.84. The van der Waals surface area contributed by atoms with Crippen LogP contribution in [0.1, 0.15) is 25.0 Å². The Morgan fingerprint density at radius 2 is 0.949 bits per heavy atom. The normalized spacial score (nSPS) is 13.4. The maximum absolute atomic E-state index is 4.91. The van der Waals surface area contributed by atoms with E-state index in [9.17, 15) is 0 Å². The highest BCUT2D eigenvalue weighted by atomic mass is 15.0. The van der Waals surface area contributed by atoms with Crippen LogP contribution in [0, 0.1) is 0 Å². The van der Waals surface area contributed by atoms with Crippen LogP contribution in [-0.4, -0.2) is 14.1 Å². The summed E-state index contributed by atoms with van der Waals surface area (Å²) in [6, 6.07) is 67.3. The number of nitrogens with zero attached hydrogens (tertiary/aromatic N) is 3. The number of rotatable bonds is 3. The summed E-state index contributed by atoms with van der Waals surface area (Å²) >= 11 is 0. The largest absolute Gasteiger partial charge is 0.309 e. The van der Waals surface area contributed by atoms with E-state index >= 15 is 0 Å². The van der Waals surface area contributed by atoms with Crippen molar-refractivity contribution in [1.82, 2.24) is 14.1 Å². The van der Waals surface area contributed by atoms with Crippen molar-refractivity contribution in [3.05, 3.63) is 199 Å². The van der Waals surface area contributed by atoms with Crippen LogP contribution in [0.15, 0.2) is 188 Å². The summed E-state index contributed by atoms with van der Waals surface area (Å²) in [5, 5.41) is 11.5. The Kier molecular flexibility index (Phi) is 6.51. The van der Waals surface area contributed by atoms with Crippen molar-refractivity contribution < 1.29 is 0 Å². The molecule has 3 nitrogen and oxygen atoms in total. The van der Waals surface area contributed by atoms with Crippen molar-refractivity contribution in [3.63, 3.8) is 0 Å². The van der Waals surface area contributed by atoms with Crippen LogP contribution >= 0.6 is 0 Å². The summed E-state index contributed by atoms with van der Waals surface area (Å²) in [6.45, 7) is 4.82. The standard InChI is InChI=1S/C56H37N3/c1-56(2)48-26-25-42-45-30-34(35-24-28-51-47(31-35)54-52(22-13-29-57-54)58(51)36-14-5-3-6-15-36)23-27-50(45)59(37-16-7-4-8-17-37)55(42)53(48)46-32-43-40-20-11-9-18-38(40)39-19-10-12-21-41(39)44(43)33-49(46)56/h3-33H,1-2H3. The van der Waals surface area contributed by atoms with Crippen LogP contribution < -0.4 is 0 Å². The predicted molar refractivity (Wildman–Crippen MR) is 248 cm³/mol. The minimum Gasteiger partial charge on any atom is -0.309 e. The number of para-hydroxylation sites is 2. The molecule has 0 saturated heterocycles. The Bertz CT molecular complexity index is 3740. The van der Waals surface area contributed by atoms with Gasteiger partial charge in [-0.05, 0) is 133 Å². The van der Waals surface area contributed by atoms with Gasteiger partial charge in [-0.2, -0.15) is 0 Å². The fourth-order valence-electron chi connectivity index (χ4n) is 10.6. The molecule has 1 aliphatic carbocycles. The SMILES string of the molecule is CC1(C)c2cc3c4ccccc4c4ccccc4c3cc2-c2c1ccc1c3cc(-c4ccc5c(c4)c4ncccc4n5-c4ccccc4)ccc3n(-c3ccccc3)c21. The van der Waals surface area contributed by atoms with E-state index < -0.39 is 0 Å². The number of hydrogen-bond donors (Lipinski definition) is 0. The van der Waals surface area contributed by atoms with Crippen LogP contribution in [0.5, 0.6) is 0 Å². The van der Waals surface area contributed by atoms with Crippen molar-refractivity contribution in [2.24, 2.45) is 0 Å². The van der Waals surface area contributed by atoms with Crippen LogP contribution in [0.25, 0.3) is 110 Å². The molecule has 59 heavy (non-hydrogen) atoms. The van der Waals surface area contributed by atoms with Gasteiger partial charge in [-0.3, -0.25) is 4.98 Å². The van der Waals surface area contributed by atoms with Gasteiger partial charge in [0.2, 0.25) is 0 Å². The molecule has 3 heterocycles. The minimum absolute atomic E-state index is 0.189. The van der Waals surface area contributed by atoms with Crippen molar-refractivity contribution in [2.75, 3.05) is 0 Å². The summed E-state index contributed by atoms with van der Waals surface area (Å²) in [7, 11) is 0. The van der Waals surface area contributed by atoms with E-state index in [1.54, 1.807) is 0 Å². The number of hydrogen-bond acceptors (Lipinski definition) is 1. The second kappa shape index (κ2) is 11.8. The molecule has 3 heteroatoms.